The minimum absolute atomic E-state index is 0.00497. The lowest BCUT2D eigenvalue weighted by molar-refractivity contribution is -0.121. The van der Waals surface area contributed by atoms with E-state index in [0.29, 0.717) is 19.4 Å². The van der Waals surface area contributed by atoms with Crippen LogP contribution in [-0.2, 0) is 11.3 Å². The third kappa shape index (κ3) is 3.87. The zero-order chi connectivity index (χ0) is 13.7. The van der Waals surface area contributed by atoms with Gasteiger partial charge in [0.15, 0.2) is 0 Å². The molecule has 0 fully saturated rings. The Morgan fingerprint density at radius 3 is 3.05 bits per heavy atom. The maximum Gasteiger partial charge on any atom is 0.220 e. The molecule has 102 valence electrons. The summed E-state index contributed by atoms with van der Waals surface area (Å²) in [5, 5.41) is 13.7. The van der Waals surface area contributed by atoms with E-state index in [-0.39, 0.29) is 11.9 Å². The van der Waals surface area contributed by atoms with E-state index in [1.807, 2.05) is 13.8 Å². The van der Waals surface area contributed by atoms with E-state index in [1.165, 1.54) is 6.33 Å². The van der Waals surface area contributed by atoms with Crippen LogP contribution in [0.2, 0.25) is 0 Å². The quantitative estimate of drug-likeness (QED) is 0.783. The standard InChI is InChI=1S/C11H17N7O/c1-8-6-12-11(14-8)9(2)15-10(19)4-3-5-18-7-13-16-17-18/h6-7,9H,3-5H2,1-2H3,(H,12,14)(H,15,19). The molecule has 0 aliphatic heterocycles. The number of hydrogen-bond acceptors (Lipinski definition) is 5. The second-order valence-electron chi connectivity index (χ2n) is 4.42. The van der Waals surface area contributed by atoms with E-state index in [0.717, 1.165) is 11.5 Å². The fourth-order valence-electron chi connectivity index (χ4n) is 1.72. The minimum Gasteiger partial charge on any atom is -0.346 e. The smallest absolute Gasteiger partial charge is 0.220 e. The molecule has 2 heterocycles. The van der Waals surface area contributed by atoms with Crippen molar-refractivity contribution in [3.63, 3.8) is 0 Å². The van der Waals surface area contributed by atoms with Crippen molar-refractivity contribution in [2.45, 2.75) is 39.3 Å². The number of carbonyl (C=O) groups is 1. The SMILES string of the molecule is Cc1cnc(C(C)NC(=O)CCCn2cnnn2)[nH]1. The zero-order valence-corrected chi connectivity index (χ0v) is 11.0. The number of nitrogens with one attached hydrogen (secondary N) is 2. The number of rotatable bonds is 6. The number of imidazole rings is 1. The number of hydrogen-bond donors (Lipinski definition) is 2. The molecular weight excluding hydrogens is 246 g/mol. The average Bonchev–Trinajstić information content (AvgIpc) is 3.00. The third-order valence-electron chi connectivity index (χ3n) is 2.69. The van der Waals surface area contributed by atoms with Crippen LogP contribution >= 0.6 is 0 Å². The van der Waals surface area contributed by atoms with Crippen molar-refractivity contribution in [1.82, 2.24) is 35.5 Å². The van der Waals surface area contributed by atoms with Crippen molar-refractivity contribution < 1.29 is 4.79 Å². The van der Waals surface area contributed by atoms with Crippen molar-refractivity contribution in [2.24, 2.45) is 0 Å². The van der Waals surface area contributed by atoms with Crippen LogP contribution in [-0.4, -0.2) is 36.1 Å². The number of aryl methyl sites for hydroxylation is 2. The summed E-state index contributed by atoms with van der Waals surface area (Å²) in [7, 11) is 0. The van der Waals surface area contributed by atoms with Gasteiger partial charge in [0.05, 0.1) is 6.04 Å². The first-order valence-electron chi connectivity index (χ1n) is 6.17. The van der Waals surface area contributed by atoms with Crippen molar-refractivity contribution in [3.8, 4) is 0 Å². The average molecular weight is 263 g/mol. The number of carbonyl (C=O) groups excluding carboxylic acids is 1. The van der Waals surface area contributed by atoms with Gasteiger partial charge >= 0.3 is 0 Å². The van der Waals surface area contributed by atoms with E-state index < -0.39 is 0 Å². The second kappa shape index (κ2) is 6.07. The van der Waals surface area contributed by atoms with Crippen LogP contribution in [0.1, 0.15) is 37.3 Å². The fraction of sp³-hybridized carbons (Fsp3) is 0.545. The van der Waals surface area contributed by atoms with E-state index in [9.17, 15) is 4.79 Å². The van der Waals surface area contributed by atoms with Gasteiger partial charge < -0.3 is 10.3 Å². The Morgan fingerprint density at radius 1 is 1.58 bits per heavy atom. The highest BCUT2D eigenvalue weighted by atomic mass is 16.1. The van der Waals surface area contributed by atoms with Crippen LogP contribution in [0.15, 0.2) is 12.5 Å². The van der Waals surface area contributed by atoms with Gasteiger partial charge in [-0.1, -0.05) is 0 Å². The predicted molar refractivity (Wildman–Crippen MR) is 66.9 cm³/mol. The Hall–Kier alpha value is -2.25. The Bertz CT molecular complexity index is 519. The highest BCUT2D eigenvalue weighted by Crippen LogP contribution is 2.08. The van der Waals surface area contributed by atoms with Gasteiger partial charge in [-0.2, -0.15) is 0 Å². The third-order valence-corrected chi connectivity index (χ3v) is 2.69. The molecule has 8 nitrogen and oxygen atoms in total. The summed E-state index contributed by atoms with van der Waals surface area (Å²) in [6, 6.07) is -0.116. The highest BCUT2D eigenvalue weighted by Gasteiger charge is 2.11. The largest absolute Gasteiger partial charge is 0.346 e. The molecule has 0 radical (unpaired) electrons. The number of tetrazole rings is 1. The highest BCUT2D eigenvalue weighted by molar-refractivity contribution is 5.76. The van der Waals surface area contributed by atoms with Gasteiger partial charge in [0.2, 0.25) is 5.91 Å². The van der Waals surface area contributed by atoms with Gasteiger partial charge in [-0.05, 0) is 30.7 Å². The van der Waals surface area contributed by atoms with Crippen LogP contribution in [0, 0.1) is 6.92 Å². The molecule has 2 aromatic heterocycles. The maximum absolute atomic E-state index is 11.7. The normalized spacial score (nSPS) is 12.3. The molecule has 8 heteroatoms. The molecule has 0 aliphatic rings. The zero-order valence-electron chi connectivity index (χ0n) is 11.0. The van der Waals surface area contributed by atoms with E-state index in [1.54, 1.807) is 10.9 Å². The molecule has 19 heavy (non-hydrogen) atoms. The fourth-order valence-corrected chi connectivity index (χ4v) is 1.72. The molecule has 2 N–H and O–H groups in total. The van der Waals surface area contributed by atoms with E-state index in [4.69, 9.17) is 0 Å². The van der Waals surface area contributed by atoms with Crippen LogP contribution in [0.5, 0.6) is 0 Å². The summed E-state index contributed by atoms with van der Waals surface area (Å²) in [6.07, 6.45) is 4.41. The summed E-state index contributed by atoms with van der Waals surface area (Å²) in [5.41, 5.74) is 0.981. The van der Waals surface area contributed by atoms with Crippen LogP contribution in [0.3, 0.4) is 0 Å². The lowest BCUT2D eigenvalue weighted by Gasteiger charge is -2.11. The number of nitrogens with zero attached hydrogens (tertiary/aromatic N) is 5. The van der Waals surface area contributed by atoms with E-state index in [2.05, 4.69) is 30.8 Å². The van der Waals surface area contributed by atoms with Gasteiger partial charge in [0.25, 0.3) is 0 Å². The molecule has 0 saturated carbocycles. The second-order valence-corrected chi connectivity index (χ2v) is 4.42. The van der Waals surface area contributed by atoms with Gasteiger partial charge in [-0.25, -0.2) is 9.67 Å². The predicted octanol–water partition coefficient (Wildman–Crippen LogP) is 0.362. The molecule has 0 aliphatic carbocycles. The van der Waals surface area contributed by atoms with Crippen molar-refractivity contribution in [1.29, 1.82) is 0 Å². The molecule has 0 saturated heterocycles. The minimum atomic E-state index is -0.116. The number of amides is 1. The molecule has 1 atom stereocenters. The van der Waals surface area contributed by atoms with Crippen LogP contribution < -0.4 is 5.32 Å². The first-order chi connectivity index (χ1) is 9.15. The van der Waals surface area contributed by atoms with Crippen molar-refractivity contribution in [2.75, 3.05) is 0 Å². The monoisotopic (exact) mass is 263 g/mol. The lowest BCUT2D eigenvalue weighted by Crippen LogP contribution is -2.27. The summed E-state index contributed by atoms with van der Waals surface area (Å²) in [4.78, 5) is 19.0. The topological polar surface area (TPSA) is 101 Å². The summed E-state index contributed by atoms with van der Waals surface area (Å²) in [6.45, 7) is 4.46. The molecule has 0 aromatic carbocycles. The number of aromatic nitrogens is 6. The Balaban J connectivity index is 1.72. The maximum atomic E-state index is 11.7. The molecular formula is C11H17N7O. The summed E-state index contributed by atoms with van der Waals surface area (Å²) < 4.78 is 1.60. The Morgan fingerprint density at radius 2 is 2.42 bits per heavy atom. The van der Waals surface area contributed by atoms with Gasteiger partial charge in [-0.15, -0.1) is 5.10 Å². The molecule has 2 rings (SSSR count). The molecule has 0 bridgehead atoms. The van der Waals surface area contributed by atoms with Crippen LogP contribution in [0.4, 0.5) is 0 Å². The lowest BCUT2D eigenvalue weighted by atomic mass is 10.2. The first-order valence-corrected chi connectivity index (χ1v) is 6.17. The van der Waals surface area contributed by atoms with Crippen LogP contribution in [0.25, 0.3) is 0 Å². The van der Waals surface area contributed by atoms with Gasteiger partial charge in [0.1, 0.15) is 12.2 Å². The Labute approximate surface area is 110 Å². The molecule has 1 amide bonds. The number of H-pyrrole nitrogens is 1. The Kier molecular flexibility index (Phi) is 4.22. The summed E-state index contributed by atoms with van der Waals surface area (Å²) >= 11 is 0. The molecule has 2 aromatic rings. The molecule has 1 unspecified atom stereocenters. The molecule has 0 spiro atoms. The van der Waals surface area contributed by atoms with Crippen molar-refractivity contribution in [3.05, 3.63) is 24.0 Å². The first kappa shape index (κ1) is 13.2. The number of aromatic amines is 1. The van der Waals surface area contributed by atoms with Gasteiger partial charge in [0, 0.05) is 24.9 Å². The van der Waals surface area contributed by atoms with Crippen molar-refractivity contribution >= 4 is 5.91 Å². The van der Waals surface area contributed by atoms with E-state index >= 15 is 0 Å². The summed E-state index contributed by atoms with van der Waals surface area (Å²) in [5.74, 6) is 0.765. The van der Waals surface area contributed by atoms with Gasteiger partial charge in [-0.3, -0.25) is 4.79 Å².